The van der Waals surface area contributed by atoms with Crippen LogP contribution in [0.2, 0.25) is 0 Å². The Morgan fingerprint density at radius 3 is 2.27 bits per heavy atom. The van der Waals surface area contributed by atoms with Crippen LogP contribution in [0.25, 0.3) is 0 Å². The standard InChI is InChI=1S/C18H21F2NO5/c19-18(20,17(25)9-1-2-10-17)16(24)26-11-14(22)13-6-3-12(4-7-13)5-8-15(21)23/h3-4,6-7,25H,1-2,5,8-11H2,(H2,21,23). The number of alkyl halides is 2. The van der Waals surface area contributed by atoms with Crippen LogP contribution in [0, 0.1) is 0 Å². The number of ether oxygens (including phenoxy) is 1. The molecule has 142 valence electrons. The molecule has 1 amide bonds. The quantitative estimate of drug-likeness (QED) is 0.536. The van der Waals surface area contributed by atoms with Crippen LogP contribution in [0.1, 0.15) is 48.0 Å². The van der Waals surface area contributed by atoms with Crippen LogP contribution in [0.15, 0.2) is 24.3 Å². The minimum absolute atomic E-state index is 0.170. The fraction of sp³-hybridized carbons (Fsp3) is 0.500. The SMILES string of the molecule is NC(=O)CCc1ccc(C(=O)COC(=O)C(F)(F)C2(O)CCCC2)cc1. The van der Waals surface area contributed by atoms with Crippen molar-refractivity contribution in [1.82, 2.24) is 0 Å². The Kier molecular flexibility index (Phi) is 6.07. The van der Waals surface area contributed by atoms with Crippen LogP contribution in [0.3, 0.4) is 0 Å². The van der Waals surface area contributed by atoms with Gasteiger partial charge in [-0.15, -0.1) is 0 Å². The molecule has 0 saturated heterocycles. The molecule has 0 unspecified atom stereocenters. The van der Waals surface area contributed by atoms with Crippen molar-refractivity contribution in [3.8, 4) is 0 Å². The maximum atomic E-state index is 14.1. The number of aliphatic hydroxyl groups is 1. The second kappa shape index (κ2) is 7.90. The van der Waals surface area contributed by atoms with E-state index in [1.54, 1.807) is 12.1 Å². The smallest absolute Gasteiger partial charge is 0.380 e. The molecular formula is C18H21F2NO5. The molecule has 1 aromatic carbocycles. The van der Waals surface area contributed by atoms with E-state index in [-0.39, 0.29) is 24.8 Å². The molecule has 0 heterocycles. The summed E-state index contributed by atoms with van der Waals surface area (Å²) >= 11 is 0. The number of rotatable bonds is 8. The Hall–Kier alpha value is -2.35. The molecule has 0 aliphatic heterocycles. The van der Waals surface area contributed by atoms with Crippen molar-refractivity contribution < 1.29 is 33.0 Å². The van der Waals surface area contributed by atoms with Gasteiger partial charge in [0, 0.05) is 12.0 Å². The minimum atomic E-state index is -4.05. The summed E-state index contributed by atoms with van der Waals surface area (Å²) in [7, 11) is 0. The summed E-state index contributed by atoms with van der Waals surface area (Å²) in [6, 6.07) is 6.12. The molecule has 0 radical (unpaired) electrons. The number of amides is 1. The summed E-state index contributed by atoms with van der Waals surface area (Å²) in [4.78, 5) is 34.4. The number of esters is 1. The van der Waals surface area contributed by atoms with Gasteiger partial charge in [-0.05, 0) is 24.8 Å². The van der Waals surface area contributed by atoms with E-state index in [0.717, 1.165) is 5.56 Å². The third-order valence-electron chi connectivity index (χ3n) is 4.54. The largest absolute Gasteiger partial charge is 0.453 e. The molecule has 1 saturated carbocycles. The Morgan fingerprint density at radius 1 is 1.15 bits per heavy atom. The molecule has 8 heteroatoms. The lowest BCUT2D eigenvalue weighted by molar-refractivity contribution is -0.211. The molecule has 0 aromatic heterocycles. The summed E-state index contributed by atoms with van der Waals surface area (Å²) in [6.07, 6.45) is 1.03. The van der Waals surface area contributed by atoms with Crippen LogP contribution in [0.4, 0.5) is 8.78 Å². The van der Waals surface area contributed by atoms with Crippen LogP contribution in [0.5, 0.6) is 0 Å². The third kappa shape index (κ3) is 4.43. The number of hydrogen-bond donors (Lipinski definition) is 2. The summed E-state index contributed by atoms with van der Waals surface area (Å²) < 4.78 is 32.6. The molecule has 26 heavy (non-hydrogen) atoms. The predicted octanol–water partition coefficient (Wildman–Crippen LogP) is 1.77. The Balaban J connectivity index is 1.91. The van der Waals surface area contributed by atoms with Crippen molar-refractivity contribution in [1.29, 1.82) is 0 Å². The van der Waals surface area contributed by atoms with E-state index in [1.807, 2.05) is 0 Å². The van der Waals surface area contributed by atoms with Crippen LogP contribution in [-0.2, 0) is 20.7 Å². The van der Waals surface area contributed by atoms with Gasteiger partial charge < -0.3 is 15.6 Å². The molecule has 1 aromatic rings. The lowest BCUT2D eigenvalue weighted by atomic mass is 9.94. The number of Topliss-reactive ketones (excluding diaryl/α,β-unsaturated/α-hetero) is 1. The van der Waals surface area contributed by atoms with E-state index in [9.17, 15) is 28.3 Å². The van der Waals surface area contributed by atoms with Crippen molar-refractivity contribution in [2.24, 2.45) is 5.73 Å². The zero-order valence-electron chi connectivity index (χ0n) is 14.2. The van der Waals surface area contributed by atoms with Gasteiger partial charge in [-0.2, -0.15) is 8.78 Å². The maximum Gasteiger partial charge on any atom is 0.380 e. The Labute approximate surface area is 149 Å². The first-order chi connectivity index (χ1) is 12.2. The second-order valence-electron chi connectivity index (χ2n) is 6.48. The van der Waals surface area contributed by atoms with E-state index < -0.39 is 35.8 Å². The number of hydrogen-bond acceptors (Lipinski definition) is 5. The first kappa shape index (κ1) is 20.0. The number of primary amides is 1. The number of ketones is 1. The number of aryl methyl sites for hydroxylation is 1. The van der Waals surface area contributed by atoms with Gasteiger partial charge in [0.25, 0.3) is 0 Å². The van der Waals surface area contributed by atoms with Gasteiger partial charge in [0.1, 0.15) is 5.60 Å². The lowest BCUT2D eigenvalue weighted by Crippen LogP contribution is -2.52. The second-order valence-corrected chi connectivity index (χ2v) is 6.48. The minimum Gasteiger partial charge on any atom is -0.453 e. The third-order valence-corrected chi connectivity index (χ3v) is 4.54. The van der Waals surface area contributed by atoms with E-state index in [4.69, 9.17) is 5.73 Å². The average molecular weight is 369 g/mol. The number of carbonyl (C=O) groups excluding carboxylic acids is 3. The van der Waals surface area contributed by atoms with Crippen molar-refractivity contribution in [2.45, 2.75) is 50.0 Å². The summed E-state index contributed by atoms with van der Waals surface area (Å²) in [6.45, 7) is -0.842. The number of carbonyl (C=O) groups is 3. The Bertz CT molecular complexity index is 681. The topological polar surface area (TPSA) is 107 Å². The molecule has 1 fully saturated rings. The summed E-state index contributed by atoms with van der Waals surface area (Å²) in [5.74, 6) is -7.04. The molecule has 0 atom stereocenters. The molecule has 1 aliphatic carbocycles. The van der Waals surface area contributed by atoms with Crippen molar-refractivity contribution >= 4 is 17.7 Å². The first-order valence-electron chi connectivity index (χ1n) is 8.33. The zero-order chi connectivity index (χ0) is 19.4. The van der Waals surface area contributed by atoms with Crippen molar-refractivity contribution in [3.05, 3.63) is 35.4 Å². The maximum absolute atomic E-state index is 14.1. The Morgan fingerprint density at radius 2 is 1.73 bits per heavy atom. The van der Waals surface area contributed by atoms with Gasteiger partial charge in [-0.3, -0.25) is 9.59 Å². The van der Waals surface area contributed by atoms with Gasteiger partial charge in [0.05, 0.1) is 0 Å². The monoisotopic (exact) mass is 369 g/mol. The van der Waals surface area contributed by atoms with Crippen molar-refractivity contribution in [3.63, 3.8) is 0 Å². The van der Waals surface area contributed by atoms with E-state index in [2.05, 4.69) is 4.74 Å². The summed E-state index contributed by atoms with van der Waals surface area (Å²) in [5.41, 5.74) is 3.62. The highest BCUT2D eigenvalue weighted by molar-refractivity contribution is 5.98. The van der Waals surface area contributed by atoms with Crippen LogP contribution >= 0.6 is 0 Å². The van der Waals surface area contributed by atoms with E-state index in [0.29, 0.717) is 19.3 Å². The zero-order valence-corrected chi connectivity index (χ0v) is 14.2. The molecule has 2 rings (SSSR count). The van der Waals surface area contributed by atoms with Crippen molar-refractivity contribution in [2.75, 3.05) is 6.61 Å². The molecule has 0 spiro atoms. The van der Waals surface area contributed by atoms with Gasteiger partial charge in [0.2, 0.25) is 5.91 Å². The molecular weight excluding hydrogens is 348 g/mol. The molecule has 0 bridgehead atoms. The van der Waals surface area contributed by atoms with Gasteiger partial charge in [-0.1, -0.05) is 37.1 Å². The van der Waals surface area contributed by atoms with E-state index >= 15 is 0 Å². The first-order valence-corrected chi connectivity index (χ1v) is 8.33. The number of halogens is 2. The number of nitrogens with two attached hydrogens (primary N) is 1. The molecule has 6 nitrogen and oxygen atoms in total. The fourth-order valence-electron chi connectivity index (χ4n) is 2.89. The average Bonchev–Trinajstić information content (AvgIpc) is 3.06. The normalized spacial score (nSPS) is 16.3. The predicted molar refractivity (Wildman–Crippen MR) is 87.6 cm³/mol. The van der Waals surface area contributed by atoms with Crippen LogP contribution in [-0.4, -0.2) is 40.9 Å². The molecule has 1 aliphatic rings. The highest BCUT2D eigenvalue weighted by Gasteiger charge is 2.60. The fourth-order valence-corrected chi connectivity index (χ4v) is 2.89. The van der Waals surface area contributed by atoms with Gasteiger partial charge >= 0.3 is 11.9 Å². The lowest BCUT2D eigenvalue weighted by Gasteiger charge is -2.29. The van der Waals surface area contributed by atoms with E-state index in [1.165, 1.54) is 12.1 Å². The highest BCUT2D eigenvalue weighted by atomic mass is 19.3. The van der Waals surface area contributed by atoms with Gasteiger partial charge in [0.15, 0.2) is 12.4 Å². The molecule has 3 N–H and O–H groups in total. The van der Waals surface area contributed by atoms with Crippen LogP contribution < -0.4 is 5.73 Å². The highest BCUT2D eigenvalue weighted by Crippen LogP contribution is 2.42. The van der Waals surface area contributed by atoms with Gasteiger partial charge in [-0.25, -0.2) is 4.79 Å². The number of benzene rings is 1. The summed E-state index contributed by atoms with van der Waals surface area (Å²) in [5, 5.41) is 9.92.